The average molecular weight is 270 g/mol. The van der Waals surface area contributed by atoms with E-state index >= 15 is 0 Å². The number of hydrogen-bond acceptors (Lipinski definition) is 3. The highest BCUT2D eigenvalue weighted by molar-refractivity contribution is 5.48. The van der Waals surface area contributed by atoms with Crippen molar-refractivity contribution in [3.8, 4) is 5.69 Å². The molecule has 2 aromatic rings. The molecule has 0 saturated heterocycles. The standard InChI is InChI=1S/C16H22N4/c1-16(2,3)11-7-8-15-14(9-11)18-19-20(15)13-6-4-5-12(17)10-13/h4-6,10-11H,7-9,17H2,1-3H3. The van der Waals surface area contributed by atoms with E-state index in [1.54, 1.807) is 0 Å². The Kier molecular flexibility index (Phi) is 3.04. The molecule has 106 valence electrons. The third kappa shape index (κ3) is 2.30. The van der Waals surface area contributed by atoms with Crippen LogP contribution in [0, 0.1) is 11.3 Å². The summed E-state index contributed by atoms with van der Waals surface area (Å²) in [6.45, 7) is 6.93. The zero-order valence-electron chi connectivity index (χ0n) is 12.4. The van der Waals surface area contributed by atoms with Crippen molar-refractivity contribution < 1.29 is 0 Å². The lowest BCUT2D eigenvalue weighted by atomic mass is 9.73. The lowest BCUT2D eigenvalue weighted by Crippen LogP contribution is -2.27. The fourth-order valence-corrected chi connectivity index (χ4v) is 2.99. The summed E-state index contributed by atoms with van der Waals surface area (Å²) in [5.41, 5.74) is 10.4. The number of nitrogens with two attached hydrogens (primary N) is 1. The van der Waals surface area contributed by atoms with Crippen LogP contribution in [0.2, 0.25) is 0 Å². The molecule has 1 heterocycles. The van der Waals surface area contributed by atoms with Crippen LogP contribution in [0.25, 0.3) is 5.69 Å². The van der Waals surface area contributed by atoms with Crippen LogP contribution < -0.4 is 5.73 Å². The molecular weight excluding hydrogens is 248 g/mol. The summed E-state index contributed by atoms with van der Waals surface area (Å²) in [5, 5.41) is 8.74. The van der Waals surface area contributed by atoms with Gasteiger partial charge in [0.05, 0.1) is 17.1 Å². The van der Waals surface area contributed by atoms with Crippen molar-refractivity contribution in [2.45, 2.75) is 40.0 Å². The number of benzene rings is 1. The van der Waals surface area contributed by atoms with Crippen LogP contribution in [-0.4, -0.2) is 15.0 Å². The lowest BCUT2D eigenvalue weighted by molar-refractivity contribution is 0.213. The zero-order valence-corrected chi connectivity index (χ0v) is 12.4. The van der Waals surface area contributed by atoms with E-state index in [2.05, 4.69) is 31.1 Å². The normalized spacial score (nSPS) is 18.9. The first-order valence-corrected chi connectivity index (χ1v) is 7.24. The van der Waals surface area contributed by atoms with Gasteiger partial charge in [0, 0.05) is 5.69 Å². The predicted octanol–water partition coefficient (Wildman–Crippen LogP) is 3.00. The van der Waals surface area contributed by atoms with Crippen LogP contribution in [0.15, 0.2) is 24.3 Å². The molecule has 0 spiro atoms. The summed E-state index contributed by atoms with van der Waals surface area (Å²) in [4.78, 5) is 0. The third-order valence-corrected chi connectivity index (χ3v) is 4.35. The van der Waals surface area contributed by atoms with Crippen LogP contribution >= 0.6 is 0 Å². The summed E-state index contributed by atoms with van der Waals surface area (Å²) in [6, 6.07) is 7.83. The second-order valence-electron chi connectivity index (χ2n) is 6.80. The van der Waals surface area contributed by atoms with Crippen molar-refractivity contribution in [3.05, 3.63) is 35.7 Å². The maximum atomic E-state index is 5.86. The molecule has 0 saturated carbocycles. The topological polar surface area (TPSA) is 56.7 Å². The lowest BCUT2D eigenvalue weighted by Gasteiger charge is -2.33. The SMILES string of the molecule is CC(C)(C)C1CCc2c(nnn2-c2cccc(N)c2)C1. The molecule has 0 radical (unpaired) electrons. The van der Waals surface area contributed by atoms with Crippen molar-refractivity contribution in [1.82, 2.24) is 15.0 Å². The Morgan fingerprint density at radius 1 is 1.30 bits per heavy atom. The van der Waals surface area contributed by atoms with Gasteiger partial charge < -0.3 is 5.73 Å². The van der Waals surface area contributed by atoms with Gasteiger partial charge in [0.15, 0.2) is 0 Å². The summed E-state index contributed by atoms with van der Waals surface area (Å²) in [6.07, 6.45) is 3.27. The molecule has 0 aliphatic heterocycles. The summed E-state index contributed by atoms with van der Waals surface area (Å²) < 4.78 is 1.95. The van der Waals surface area contributed by atoms with Crippen LogP contribution in [-0.2, 0) is 12.8 Å². The molecule has 1 unspecified atom stereocenters. The fourth-order valence-electron chi connectivity index (χ4n) is 2.99. The minimum atomic E-state index is 0.332. The van der Waals surface area contributed by atoms with Gasteiger partial charge >= 0.3 is 0 Å². The Morgan fingerprint density at radius 3 is 2.80 bits per heavy atom. The van der Waals surface area contributed by atoms with Crippen LogP contribution in [0.3, 0.4) is 0 Å². The largest absolute Gasteiger partial charge is 0.399 e. The summed E-state index contributed by atoms with van der Waals surface area (Å²) in [5.74, 6) is 0.681. The molecule has 1 aliphatic rings. The van der Waals surface area contributed by atoms with Crippen molar-refractivity contribution in [3.63, 3.8) is 0 Å². The number of rotatable bonds is 1. The second-order valence-corrected chi connectivity index (χ2v) is 6.80. The van der Waals surface area contributed by atoms with Crippen molar-refractivity contribution >= 4 is 5.69 Å². The van der Waals surface area contributed by atoms with Gasteiger partial charge in [-0.25, -0.2) is 4.68 Å². The number of aromatic nitrogens is 3. The number of nitrogens with zero attached hydrogens (tertiary/aromatic N) is 3. The number of hydrogen-bond donors (Lipinski definition) is 1. The molecule has 1 atom stereocenters. The highest BCUT2D eigenvalue weighted by Crippen LogP contribution is 2.36. The maximum absolute atomic E-state index is 5.86. The number of anilines is 1. The summed E-state index contributed by atoms with van der Waals surface area (Å²) >= 11 is 0. The van der Waals surface area contributed by atoms with E-state index in [0.29, 0.717) is 11.3 Å². The van der Waals surface area contributed by atoms with Gasteiger partial charge in [-0.05, 0) is 48.8 Å². The molecule has 0 bridgehead atoms. The zero-order chi connectivity index (χ0) is 14.3. The molecule has 0 fully saturated rings. The van der Waals surface area contributed by atoms with Crippen molar-refractivity contribution in [2.75, 3.05) is 5.73 Å². The summed E-state index contributed by atoms with van der Waals surface area (Å²) in [7, 11) is 0. The number of nitrogen functional groups attached to an aromatic ring is 1. The Morgan fingerprint density at radius 2 is 2.10 bits per heavy atom. The minimum Gasteiger partial charge on any atom is -0.399 e. The first kappa shape index (κ1) is 13.2. The van der Waals surface area contributed by atoms with Crippen LogP contribution in [0.4, 0.5) is 5.69 Å². The highest BCUT2D eigenvalue weighted by Gasteiger charge is 2.31. The number of fused-ring (bicyclic) bond motifs is 1. The molecule has 20 heavy (non-hydrogen) atoms. The van der Waals surface area contributed by atoms with E-state index in [-0.39, 0.29) is 0 Å². The average Bonchev–Trinajstić information content (AvgIpc) is 2.80. The Hall–Kier alpha value is -1.84. The molecular formula is C16H22N4. The molecule has 3 rings (SSSR count). The van der Waals surface area contributed by atoms with Crippen molar-refractivity contribution in [1.29, 1.82) is 0 Å². The smallest absolute Gasteiger partial charge is 0.0866 e. The van der Waals surface area contributed by atoms with E-state index in [0.717, 1.165) is 29.9 Å². The third-order valence-electron chi connectivity index (χ3n) is 4.35. The van der Waals surface area contributed by atoms with E-state index < -0.39 is 0 Å². The molecule has 1 aromatic heterocycles. The Labute approximate surface area is 120 Å². The van der Waals surface area contributed by atoms with Gasteiger partial charge in [-0.2, -0.15) is 0 Å². The van der Waals surface area contributed by atoms with E-state index in [1.807, 2.05) is 28.9 Å². The van der Waals surface area contributed by atoms with E-state index in [4.69, 9.17) is 5.73 Å². The van der Waals surface area contributed by atoms with Crippen molar-refractivity contribution in [2.24, 2.45) is 11.3 Å². The van der Waals surface area contributed by atoms with E-state index in [9.17, 15) is 0 Å². The van der Waals surface area contributed by atoms with Crippen LogP contribution in [0.5, 0.6) is 0 Å². The Balaban J connectivity index is 1.94. The van der Waals surface area contributed by atoms with Crippen LogP contribution in [0.1, 0.15) is 38.6 Å². The highest BCUT2D eigenvalue weighted by atomic mass is 15.4. The quantitative estimate of drug-likeness (QED) is 0.810. The Bertz CT molecular complexity index is 622. The first-order valence-electron chi connectivity index (χ1n) is 7.24. The molecule has 4 nitrogen and oxygen atoms in total. The molecule has 1 aliphatic carbocycles. The second kappa shape index (κ2) is 4.62. The first-order chi connectivity index (χ1) is 9.45. The van der Waals surface area contributed by atoms with Gasteiger partial charge in [-0.1, -0.05) is 32.1 Å². The maximum Gasteiger partial charge on any atom is 0.0866 e. The minimum absolute atomic E-state index is 0.332. The van der Waals surface area contributed by atoms with Gasteiger partial charge in [-0.15, -0.1) is 5.10 Å². The predicted molar refractivity (Wildman–Crippen MR) is 80.7 cm³/mol. The van der Waals surface area contributed by atoms with Gasteiger partial charge in [-0.3, -0.25) is 0 Å². The molecule has 0 amide bonds. The molecule has 1 aromatic carbocycles. The molecule has 4 heteroatoms. The van der Waals surface area contributed by atoms with Gasteiger partial charge in [0.1, 0.15) is 0 Å². The van der Waals surface area contributed by atoms with E-state index in [1.165, 1.54) is 12.1 Å². The van der Waals surface area contributed by atoms with Gasteiger partial charge in [0.25, 0.3) is 0 Å². The van der Waals surface area contributed by atoms with Gasteiger partial charge in [0.2, 0.25) is 0 Å². The molecule has 2 N–H and O–H groups in total. The monoisotopic (exact) mass is 270 g/mol. The fraction of sp³-hybridized carbons (Fsp3) is 0.500.